The molecule has 0 radical (unpaired) electrons. The minimum atomic E-state index is 0.565. The lowest BCUT2D eigenvalue weighted by Gasteiger charge is -2.34. The van der Waals surface area contributed by atoms with Crippen molar-refractivity contribution in [3.8, 4) is 11.4 Å². The van der Waals surface area contributed by atoms with E-state index in [-0.39, 0.29) is 0 Å². The molecule has 4 rings (SSSR count). The first kappa shape index (κ1) is 16.0. The summed E-state index contributed by atoms with van der Waals surface area (Å²) >= 11 is 6.01. The van der Waals surface area contributed by atoms with Crippen LogP contribution < -0.4 is 4.90 Å². The van der Waals surface area contributed by atoms with Gasteiger partial charge in [-0.15, -0.1) is 0 Å². The van der Waals surface area contributed by atoms with Gasteiger partial charge < -0.3 is 9.42 Å². The second-order valence-electron chi connectivity index (χ2n) is 5.85. The Labute approximate surface area is 150 Å². The van der Waals surface area contributed by atoms with Crippen LogP contribution in [-0.2, 0) is 6.54 Å². The van der Waals surface area contributed by atoms with Crippen LogP contribution in [0.3, 0.4) is 0 Å². The zero-order valence-corrected chi connectivity index (χ0v) is 14.3. The van der Waals surface area contributed by atoms with Crippen LogP contribution in [0.5, 0.6) is 0 Å². The van der Waals surface area contributed by atoms with Gasteiger partial charge in [0.15, 0.2) is 0 Å². The third-order valence-electron chi connectivity index (χ3n) is 4.16. The molecular formula is C17H17ClN6O. The van der Waals surface area contributed by atoms with Gasteiger partial charge in [0.25, 0.3) is 0 Å². The normalized spacial score (nSPS) is 15.5. The second kappa shape index (κ2) is 7.16. The van der Waals surface area contributed by atoms with Gasteiger partial charge in [0, 0.05) is 49.2 Å². The molecule has 0 unspecified atom stereocenters. The molecular weight excluding hydrogens is 340 g/mol. The summed E-state index contributed by atoms with van der Waals surface area (Å²) in [5.74, 6) is 2.10. The van der Waals surface area contributed by atoms with Crippen LogP contribution in [0.1, 0.15) is 5.89 Å². The molecule has 1 aliphatic rings. The molecule has 0 atom stereocenters. The molecule has 25 heavy (non-hydrogen) atoms. The molecule has 0 saturated carbocycles. The van der Waals surface area contributed by atoms with E-state index in [9.17, 15) is 0 Å². The Morgan fingerprint density at radius 2 is 2.00 bits per heavy atom. The van der Waals surface area contributed by atoms with E-state index in [0.717, 1.165) is 37.6 Å². The van der Waals surface area contributed by atoms with Gasteiger partial charge in [-0.2, -0.15) is 4.98 Å². The number of hydrogen-bond acceptors (Lipinski definition) is 7. The van der Waals surface area contributed by atoms with Crippen LogP contribution in [-0.4, -0.2) is 51.2 Å². The first-order valence-electron chi connectivity index (χ1n) is 8.10. The summed E-state index contributed by atoms with van der Waals surface area (Å²) in [6.45, 7) is 4.25. The Balaban J connectivity index is 1.36. The van der Waals surface area contributed by atoms with Gasteiger partial charge in [0.05, 0.1) is 12.7 Å². The van der Waals surface area contributed by atoms with Gasteiger partial charge in [-0.3, -0.25) is 9.88 Å². The maximum absolute atomic E-state index is 6.01. The Kier molecular flexibility index (Phi) is 4.58. The third kappa shape index (κ3) is 3.78. The van der Waals surface area contributed by atoms with Gasteiger partial charge in [-0.25, -0.2) is 4.98 Å². The summed E-state index contributed by atoms with van der Waals surface area (Å²) in [5.41, 5.74) is 0.856. The van der Waals surface area contributed by atoms with E-state index in [1.165, 1.54) is 0 Å². The van der Waals surface area contributed by atoms with Gasteiger partial charge >= 0.3 is 0 Å². The minimum absolute atomic E-state index is 0.565. The average Bonchev–Trinajstić information content (AvgIpc) is 3.12. The highest BCUT2D eigenvalue weighted by Crippen LogP contribution is 2.20. The van der Waals surface area contributed by atoms with Crippen molar-refractivity contribution in [2.45, 2.75) is 6.54 Å². The van der Waals surface area contributed by atoms with Gasteiger partial charge in [-0.1, -0.05) is 28.9 Å². The van der Waals surface area contributed by atoms with E-state index in [1.807, 2.05) is 24.3 Å². The summed E-state index contributed by atoms with van der Waals surface area (Å²) in [5, 5.41) is 4.71. The molecule has 0 amide bonds. The van der Waals surface area contributed by atoms with Crippen LogP contribution >= 0.6 is 11.6 Å². The number of piperazine rings is 1. The van der Waals surface area contributed by atoms with E-state index >= 15 is 0 Å². The first-order chi connectivity index (χ1) is 12.3. The standard InChI is InChI=1S/C17H17ClN6O/c18-14-3-1-2-13(10-14)17-21-16(25-22-17)12-23-6-8-24(9-7-23)15-11-19-4-5-20-15/h1-5,10-11H,6-9,12H2. The predicted molar refractivity (Wildman–Crippen MR) is 94.3 cm³/mol. The number of hydrogen-bond donors (Lipinski definition) is 0. The molecule has 3 aromatic rings. The molecule has 2 aromatic heterocycles. The molecule has 8 heteroatoms. The van der Waals surface area contributed by atoms with Crippen molar-refractivity contribution in [1.29, 1.82) is 0 Å². The average molecular weight is 357 g/mol. The van der Waals surface area contributed by atoms with E-state index < -0.39 is 0 Å². The highest BCUT2D eigenvalue weighted by atomic mass is 35.5. The van der Waals surface area contributed by atoms with Crippen LogP contribution in [0.2, 0.25) is 5.02 Å². The van der Waals surface area contributed by atoms with Crippen molar-refractivity contribution < 1.29 is 4.52 Å². The van der Waals surface area contributed by atoms with Crippen LogP contribution in [0.4, 0.5) is 5.82 Å². The zero-order chi connectivity index (χ0) is 17.1. The van der Waals surface area contributed by atoms with E-state index in [0.29, 0.717) is 23.3 Å². The molecule has 1 aliphatic heterocycles. The fourth-order valence-corrected chi connectivity index (χ4v) is 3.04. The minimum Gasteiger partial charge on any atom is -0.353 e. The molecule has 7 nitrogen and oxygen atoms in total. The van der Waals surface area contributed by atoms with Crippen molar-refractivity contribution in [2.75, 3.05) is 31.1 Å². The molecule has 1 aromatic carbocycles. The van der Waals surface area contributed by atoms with Gasteiger partial charge in [0.1, 0.15) is 5.82 Å². The summed E-state index contributed by atoms with van der Waals surface area (Å²) in [6.07, 6.45) is 5.20. The molecule has 0 bridgehead atoms. The van der Waals surface area contributed by atoms with Gasteiger partial charge in [-0.05, 0) is 12.1 Å². The molecule has 128 valence electrons. The number of aromatic nitrogens is 4. The topological polar surface area (TPSA) is 71.2 Å². The van der Waals surface area contributed by atoms with Crippen molar-refractivity contribution in [3.05, 3.63) is 53.8 Å². The monoisotopic (exact) mass is 356 g/mol. The lowest BCUT2D eigenvalue weighted by molar-refractivity contribution is 0.215. The van der Waals surface area contributed by atoms with Crippen LogP contribution in [0.25, 0.3) is 11.4 Å². The molecule has 1 fully saturated rings. The van der Waals surface area contributed by atoms with E-state index in [1.54, 1.807) is 18.6 Å². The predicted octanol–water partition coefficient (Wildman–Crippen LogP) is 2.50. The van der Waals surface area contributed by atoms with Gasteiger partial charge in [0.2, 0.25) is 11.7 Å². The van der Waals surface area contributed by atoms with Crippen LogP contribution in [0.15, 0.2) is 47.4 Å². The Hall–Kier alpha value is -2.51. The number of rotatable bonds is 4. The van der Waals surface area contributed by atoms with E-state index in [4.69, 9.17) is 16.1 Å². The first-order valence-corrected chi connectivity index (χ1v) is 8.47. The third-order valence-corrected chi connectivity index (χ3v) is 4.39. The van der Waals surface area contributed by atoms with Crippen LogP contribution in [0, 0.1) is 0 Å². The second-order valence-corrected chi connectivity index (χ2v) is 6.29. The molecule has 1 saturated heterocycles. The molecule has 0 aliphatic carbocycles. The fraction of sp³-hybridized carbons (Fsp3) is 0.294. The van der Waals surface area contributed by atoms with Crippen molar-refractivity contribution in [1.82, 2.24) is 25.0 Å². The number of halogens is 1. The quantitative estimate of drug-likeness (QED) is 0.711. The Bertz CT molecular complexity index is 832. The number of nitrogens with zero attached hydrogens (tertiary/aromatic N) is 6. The molecule has 0 N–H and O–H groups in total. The lowest BCUT2D eigenvalue weighted by Crippen LogP contribution is -2.46. The smallest absolute Gasteiger partial charge is 0.241 e. The fourth-order valence-electron chi connectivity index (χ4n) is 2.84. The van der Waals surface area contributed by atoms with Crippen molar-refractivity contribution in [2.24, 2.45) is 0 Å². The summed E-state index contributed by atoms with van der Waals surface area (Å²) in [6, 6.07) is 7.44. The highest BCUT2D eigenvalue weighted by molar-refractivity contribution is 6.30. The highest BCUT2D eigenvalue weighted by Gasteiger charge is 2.20. The zero-order valence-electron chi connectivity index (χ0n) is 13.5. The van der Waals surface area contributed by atoms with Crippen molar-refractivity contribution in [3.63, 3.8) is 0 Å². The number of anilines is 1. The summed E-state index contributed by atoms with van der Waals surface area (Å²) in [7, 11) is 0. The molecule has 0 spiro atoms. The maximum atomic E-state index is 6.01. The maximum Gasteiger partial charge on any atom is 0.241 e. The Morgan fingerprint density at radius 3 is 2.76 bits per heavy atom. The largest absolute Gasteiger partial charge is 0.353 e. The summed E-state index contributed by atoms with van der Waals surface area (Å²) < 4.78 is 5.39. The summed E-state index contributed by atoms with van der Waals surface area (Å²) in [4.78, 5) is 17.5. The van der Waals surface area contributed by atoms with E-state index in [2.05, 4.69) is 29.9 Å². The lowest BCUT2D eigenvalue weighted by atomic mass is 10.2. The molecule has 3 heterocycles. The van der Waals surface area contributed by atoms with Crippen molar-refractivity contribution >= 4 is 17.4 Å². The number of benzene rings is 1. The Morgan fingerprint density at radius 1 is 1.12 bits per heavy atom. The SMILES string of the molecule is Clc1cccc(-c2noc(CN3CCN(c4cnccn4)CC3)n2)c1.